The quantitative estimate of drug-likeness (QED) is 0.223. The predicted molar refractivity (Wildman–Crippen MR) is 124 cm³/mol. The Bertz CT molecular complexity index is 1010. The van der Waals surface area contributed by atoms with Crippen LogP contribution in [-0.4, -0.2) is 37.0 Å². The molecule has 2 aromatic carbocycles. The number of halogens is 1. The number of amides is 1. The number of nitrogens with two attached hydrogens (primary N) is 1. The molecule has 3 aromatic rings. The molecule has 0 atom stereocenters. The maximum atomic E-state index is 12.6. The number of nitrogens with one attached hydrogen (secondary N) is 1. The summed E-state index contributed by atoms with van der Waals surface area (Å²) in [6.07, 6.45) is 1.75. The molecule has 0 fully saturated rings. The van der Waals surface area contributed by atoms with Crippen LogP contribution in [0.1, 0.15) is 15.9 Å². The van der Waals surface area contributed by atoms with E-state index >= 15 is 0 Å². The molecule has 0 aliphatic carbocycles. The highest BCUT2D eigenvalue weighted by atomic mass is 127. The molecule has 29 heavy (non-hydrogen) atoms. The maximum Gasteiger partial charge on any atom is 0.255 e. The molecule has 0 saturated carbocycles. The van der Waals surface area contributed by atoms with Crippen molar-refractivity contribution in [3.63, 3.8) is 0 Å². The molecule has 6 nitrogen and oxygen atoms in total. The molecule has 0 radical (unpaired) electrons. The number of amidine groups is 1. The van der Waals surface area contributed by atoms with E-state index in [2.05, 4.69) is 37.9 Å². The van der Waals surface area contributed by atoms with E-state index in [0.717, 1.165) is 20.4 Å². The predicted octanol–water partition coefficient (Wildman–Crippen LogP) is 3.96. The van der Waals surface area contributed by atoms with Crippen LogP contribution < -0.4 is 11.1 Å². The molecule has 0 aliphatic rings. The van der Waals surface area contributed by atoms with E-state index in [1.807, 2.05) is 36.4 Å². The third-order valence-corrected chi connectivity index (χ3v) is 5.13. The van der Waals surface area contributed by atoms with E-state index in [1.54, 1.807) is 37.6 Å². The van der Waals surface area contributed by atoms with Crippen molar-refractivity contribution in [2.24, 2.45) is 10.7 Å². The maximum absolute atomic E-state index is 12.6. The largest absolute Gasteiger partial charge is 0.384 e. The van der Waals surface area contributed by atoms with Crippen LogP contribution in [0.4, 0.5) is 5.69 Å². The van der Waals surface area contributed by atoms with Crippen LogP contribution >= 0.6 is 22.6 Å². The van der Waals surface area contributed by atoms with Gasteiger partial charge in [0.1, 0.15) is 5.84 Å². The van der Waals surface area contributed by atoms with Crippen molar-refractivity contribution in [3.8, 4) is 11.3 Å². The lowest BCUT2D eigenvalue weighted by molar-refractivity contribution is 0.102. The van der Waals surface area contributed by atoms with Crippen molar-refractivity contribution >= 4 is 40.0 Å². The Kier molecular flexibility index (Phi) is 7.31. The van der Waals surface area contributed by atoms with Gasteiger partial charge in [-0.05, 0) is 65.1 Å². The molecule has 148 valence electrons. The highest BCUT2D eigenvalue weighted by Crippen LogP contribution is 2.27. The summed E-state index contributed by atoms with van der Waals surface area (Å²) in [5.74, 6) is 0.228. The smallest absolute Gasteiger partial charge is 0.255 e. The standard InChI is InChI=1S/C22H21IN4O2/c1-29-13-12-26-21(24)15-5-7-16(8-6-15)22(28)27-17-9-10-19(23)18(14-17)20-4-2-3-11-25-20/h2-11,14H,12-13H2,1H3,(H2,24,26)(H,27,28). The minimum Gasteiger partial charge on any atom is -0.384 e. The summed E-state index contributed by atoms with van der Waals surface area (Å²) in [6, 6.07) is 18.6. The average molecular weight is 500 g/mol. The fraction of sp³-hybridized carbons (Fsp3) is 0.136. The Morgan fingerprint density at radius 2 is 1.90 bits per heavy atom. The number of benzene rings is 2. The Hall–Kier alpha value is -2.78. The van der Waals surface area contributed by atoms with E-state index in [0.29, 0.717) is 30.2 Å². The number of nitrogens with zero attached hydrogens (tertiary/aromatic N) is 2. The van der Waals surface area contributed by atoms with Gasteiger partial charge in [0.15, 0.2) is 0 Å². The molecule has 1 amide bonds. The van der Waals surface area contributed by atoms with E-state index < -0.39 is 0 Å². The summed E-state index contributed by atoms with van der Waals surface area (Å²) in [7, 11) is 1.62. The number of aliphatic imine (C=N–C) groups is 1. The topological polar surface area (TPSA) is 89.6 Å². The molecule has 1 aromatic heterocycles. The van der Waals surface area contributed by atoms with Crippen LogP contribution in [0, 0.1) is 3.57 Å². The lowest BCUT2D eigenvalue weighted by atomic mass is 10.1. The normalized spacial score (nSPS) is 11.3. The third kappa shape index (κ3) is 5.61. The molecule has 0 saturated heterocycles. The number of hydrogen-bond donors (Lipinski definition) is 2. The van der Waals surface area contributed by atoms with Crippen molar-refractivity contribution in [2.45, 2.75) is 0 Å². The second kappa shape index (κ2) is 10.1. The first kappa shape index (κ1) is 20.9. The first-order valence-electron chi connectivity index (χ1n) is 9.00. The fourth-order valence-corrected chi connectivity index (χ4v) is 3.28. The summed E-state index contributed by atoms with van der Waals surface area (Å²) in [5, 5.41) is 2.94. The van der Waals surface area contributed by atoms with Gasteiger partial charge in [-0.3, -0.25) is 14.8 Å². The van der Waals surface area contributed by atoms with Crippen molar-refractivity contribution in [1.29, 1.82) is 0 Å². The second-order valence-electron chi connectivity index (χ2n) is 6.20. The summed E-state index contributed by atoms with van der Waals surface area (Å²) >= 11 is 2.26. The molecule has 0 unspecified atom stereocenters. The van der Waals surface area contributed by atoms with Gasteiger partial charge in [0, 0.05) is 39.3 Å². The molecular formula is C22H21IN4O2. The number of anilines is 1. The zero-order chi connectivity index (χ0) is 20.6. The number of pyridine rings is 1. The van der Waals surface area contributed by atoms with Gasteiger partial charge in [0.05, 0.1) is 18.8 Å². The number of hydrogen-bond acceptors (Lipinski definition) is 4. The Morgan fingerprint density at radius 3 is 2.59 bits per heavy atom. The van der Waals surface area contributed by atoms with E-state index in [1.165, 1.54) is 0 Å². The second-order valence-corrected chi connectivity index (χ2v) is 7.36. The Labute approximate surface area is 183 Å². The minimum atomic E-state index is -0.195. The van der Waals surface area contributed by atoms with E-state index in [9.17, 15) is 4.79 Å². The minimum absolute atomic E-state index is 0.195. The number of aromatic nitrogens is 1. The molecule has 3 rings (SSSR count). The van der Waals surface area contributed by atoms with Crippen LogP contribution in [0.2, 0.25) is 0 Å². The van der Waals surface area contributed by atoms with Crippen LogP contribution in [0.5, 0.6) is 0 Å². The number of ether oxygens (including phenoxy) is 1. The molecule has 1 heterocycles. The van der Waals surface area contributed by atoms with E-state index in [-0.39, 0.29) is 5.91 Å². The Morgan fingerprint density at radius 1 is 1.14 bits per heavy atom. The van der Waals surface area contributed by atoms with E-state index in [4.69, 9.17) is 10.5 Å². The highest BCUT2D eigenvalue weighted by Gasteiger charge is 2.10. The van der Waals surface area contributed by atoms with Gasteiger partial charge in [-0.1, -0.05) is 18.2 Å². The van der Waals surface area contributed by atoms with Gasteiger partial charge in [0.2, 0.25) is 0 Å². The summed E-state index contributed by atoms with van der Waals surface area (Å²) in [6.45, 7) is 1.01. The monoisotopic (exact) mass is 500 g/mol. The lowest BCUT2D eigenvalue weighted by Crippen LogP contribution is -2.16. The van der Waals surface area contributed by atoms with Crippen molar-refractivity contribution in [3.05, 3.63) is 81.6 Å². The van der Waals surface area contributed by atoms with Gasteiger partial charge < -0.3 is 15.8 Å². The van der Waals surface area contributed by atoms with Gasteiger partial charge in [-0.15, -0.1) is 0 Å². The Balaban J connectivity index is 1.73. The molecule has 0 bridgehead atoms. The van der Waals surface area contributed by atoms with Crippen LogP contribution in [0.3, 0.4) is 0 Å². The summed E-state index contributed by atoms with van der Waals surface area (Å²) in [5.41, 5.74) is 9.81. The van der Waals surface area contributed by atoms with Crippen LogP contribution in [0.15, 0.2) is 71.9 Å². The summed E-state index contributed by atoms with van der Waals surface area (Å²) < 4.78 is 6.02. The fourth-order valence-electron chi connectivity index (χ4n) is 2.67. The number of carbonyl (C=O) groups is 1. The SMILES string of the molecule is COCCN=C(N)c1ccc(C(=O)Nc2ccc(I)c(-c3ccccn3)c2)cc1. The average Bonchev–Trinajstić information content (AvgIpc) is 2.76. The van der Waals surface area contributed by atoms with Crippen molar-refractivity contribution in [2.75, 3.05) is 25.6 Å². The summed E-state index contributed by atoms with van der Waals surface area (Å²) in [4.78, 5) is 21.3. The van der Waals surface area contributed by atoms with Gasteiger partial charge in [0.25, 0.3) is 5.91 Å². The first-order chi connectivity index (χ1) is 14.1. The number of rotatable bonds is 7. The molecule has 3 N–H and O–H groups in total. The van der Waals surface area contributed by atoms with Crippen LogP contribution in [-0.2, 0) is 4.74 Å². The first-order valence-corrected chi connectivity index (χ1v) is 10.1. The van der Waals surface area contributed by atoms with Gasteiger partial charge >= 0.3 is 0 Å². The number of methoxy groups -OCH3 is 1. The highest BCUT2D eigenvalue weighted by molar-refractivity contribution is 14.1. The number of carbonyl (C=O) groups excluding carboxylic acids is 1. The van der Waals surface area contributed by atoms with Crippen molar-refractivity contribution < 1.29 is 9.53 Å². The van der Waals surface area contributed by atoms with Gasteiger partial charge in [-0.2, -0.15) is 0 Å². The molecular weight excluding hydrogens is 479 g/mol. The van der Waals surface area contributed by atoms with Crippen molar-refractivity contribution in [1.82, 2.24) is 4.98 Å². The zero-order valence-electron chi connectivity index (χ0n) is 15.9. The lowest BCUT2D eigenvalue weighted by Gasteiger charge is -2.10. The van der Waals surface area contributed by atoms with Gasteiger partial charge in [-0.25, -0.2) is 0 Å². The van der Waals surface area contributed by atoms with Crippen LogP contribution in [0.25, 0.3) is 11.3 Å². The molecule has 0 aliphatic heterocycles. The zero-order valence-corrected chi connectivity index (χ0v) is 18.1. The third-order valence-electron chi connectivity index (χ3n) is 4.19. The molecule has 0 spiro atoms. The molecule has 7 heteroatoms.